The molecule has 1 unspecified atom stereocenters. The standard InChI is InChI=1S/C20H21FN4O/c1-24-18-3-2-8-22-20(18)23-19(24)11-25-9-15-16(10-25)17(15)12-26-14-6-4-13(21)5-7-14/h2-8,15-17H,9-12H2,1H3/t15-,16+,17?. The number of ether oxygens (including phenoxy) is 1. The molecule has 0 bridgehead atoms. The van der Waals surface area contributed by atoms with Crippen LogP contribution in [0, 0.1) is 23.6 Å². The maximum Gasteiger partial charge on any atom is 0.177 e. The lowest BCUT2D eigenvalue weighted by atomic mass is 10.2. The van der Waals surface area contributed by atoms with Gasteiger partial charge in [0.2, 0.25) is 0 Å². The van der Waals surface area contributed by atoms with Crippen LogP contribution in [0.3, 0.4) is 0 Å². The topological polar surface area (TPSA) is 43.2 Å². The summed E-state index contributed by atoms with van der Waals surface area (Å²) in [4.78, 5) is 11.5. The minimum atomic E-state index is -0.228. The Balaban J connectivity index is 1.16. The first-order valence-corrected chi connectivity index (χ1v) is 9.06. The van der Waals surface area contributed by atoms with Crippen molar-refractivity contribution in [3.63, 3.8) is 0 Å². The molecule has 0 spiro atoms. The van der Waals surface area contributed by atoms with Crippen LogP contribution in [0.15, 0.2) is 42.6 Å². The molecule has 0 radical (unpaired) electrons. The summed E-state index contributed by atoms with van der Waals surface area (Å²) in [7, 11) is 2.06. The van der Waals surface area contributed by atoms with Crippen LogP contribution < -0.4 is 4.74 Å². The number of rotatable bonds is 5. The lowest BCUT2D eigenvalue weighted by Crippen LogP contribution is -2.26. The fourth-order valence-electron chi connectivity index (χ4n) is 4.25. The second-order valence-electron chi connectivity index (χ2n) is 7.38. The summed E-state index contributed by atoms with van der Waals surface area (Å²) in [5.41, 5.74) is 1.90. The monoisotopic (exact) mass is 352 g/mol. The third-order valence-electron chi connectivity index (χ3n) is 5.82. The largest absolute Gasteiger partial charge is 0.493 e. The van der Waals surface area contributed by atoms with E-state index in [1.807, 2.05) is 6.07 Å². The number of hydrogen-bond acceptors (Lipinski definition) is 4. The SMILES string of the molecule is Cn1c(CN2C[C@@H]3C(COc4ccc(F)cc4)[C@@H]3C2)nc2ncccc21. The van der Waals surface area contributed by atoms with Gasteiger partial charge in [0.1, 0.15) is 17.4 Å². The summed E-state index contributed by atoms with van der Waals surface area (Å²) >= 11 is 0. The van der Waals surface area contributed by atoms with Gasteiger partial charge in [0, 0.05) is 32.3 Å². The number of fused-ring (bicyclic) bond motifs is 2. The Morgan fingerprint density at radius 1 is 1.15 bits per heavy atom. The van der Waals surface area contributed by atoms with E-state index in [0.717, 1.165) is 49.0 Å². The molecule has 6 heteroatoms. The van der Waals surface area contributed by atoms with Crippen molar-refractivity contribution in [1.29, 1.82) is 0 Å². The highest BCUT2D eigenvalue weighted by molar-refractivity contribution is 5.71. The van der Waals surface area contributed by atoms with Crippen molar-refractivity contribution < 1.29 is 9.13 Å². The van der Waals surface area contributed by atoms with Crippen LogP contribution in [0.5, 0.6) is 5.75 Å². The summed E-state index contributed by atoms with van der Waals surface area (Å²) in [6.07, 6.45) is 1.79. The van der Waals surface area contributed by atoms with E-state index < -0.39 is 0 Å². The molecule has 0 amide bonds. The van der Waals surface area contributed by atoms with Crippen LogP contribution in [0.4, 0.5) is 4.39 Å². The number of imidazole rings is 1. The molecule has 3 atom stereocenters. The van der Waals surface area contributed by atoms with Crippen LogP contribution in [0.1, 0.15) is 5.82 Å². The Morgan fingerprint density at radius 3 is 2.65 bits per heavy atom. The number of pyridine rings is 1. The zero-order chi connectivity index (χ0) is 17.7. The zero-order valence-electron chi connectivity index (χ0n) is 14.7. The van der Waals surface area contributed by atoms with E-state index in [2.05, 4.69) is 32.5 Å². The average molecular weight is 352 g/mol. The summed E-state index contributed by atoms with van der Waals surface area (Å²) < 4.78 is 20.9. The molecule has 5 rings (SSSR count). The molecule has 134 valence electrons. The Hall–Kier alpha value is -2.47. The van der Waals surface area contributed by atoms with Crippen molar-refractivity contribution in [3.8, 4) is 5.75 Å². The molecule has 1 saturated carbocycles. The molecule has 1 aliphatic heterocycles. The Kier molecular flexibility index (Phi) is 3.67. The lowest BCUT2D eigenvalue weighted by Gasteiger charge is -2.19. The van der Waals surface area contributed by atoms with E-state index in [1.54, 1.807) is 18.3 Å². The number of benzene rings is 1. The number of aromatic nitrogens is 3. The predicted octanol–water partition coefficient (Wildman–Crippen LogP) is 2.86. The van der Waals surface area contributed by atoms with Gasteiger partial charge in [-0.2, -0.15) is 0 Å². The van der Waals surface area contributed by atoms with Gasteiger partial charge < -0.3 is 9.30 Å². The summed E-state index contributed by atoms with van der Waals surface area (Å²) in [5.74, 6) is 3.64. The number of hydrogen-bond donors (Lipinski definition) is 0. The third kappa shape index (κ3) is 2.74. The molecule has 2 fully saturated rings. The molecule has 0 N–H and O–H groups in total. The summed E-state index contributed by atoms with van der Waals surface area (Å²) in [6.45, 7) is 3.79. The first-order valence-electron chi connectivity index (χ1n) is 9.06. The number of piperidine rings is 1. The Bertz CT molecular complexity index is 927. The average Bonchev–Trinajstić information content (AvgIpc) is 2.98. The molecule has 1 aromatic carbocycles. The number of halogens is 1. The number of aryl methyl sites for hydroxylation is 1. The van der Waals surface area contributed by atoms with Crippen LogP contribution in [-0.2, 0) is 13.6 Å². The van der Waals surface area contributed by atoms with Crippen LogP contribution in [-0.4, -0.2) is 39.1 Å². The minimum Gasteiger partial charge on any atom is -0.493 e. The van der Waals surface area contributed by atoms with E-state index >= 15 is 0 Å². The van der Waals surface area contributed by atoms with Crippen molar-refractivity contribution in [2.45, 2.75) is 6.54 Å². The smallest absolute Gasteiger partial charge is 0.177 e. The van der Waals surface area contributed by atoms with Crippen molar-refractivity contribution in [1.82, 2.24) is 19.4 Å². The molecule has 26 heavy (non-hydrogen) atoms. The summed E-state index contributed by atoms with van der Waals surface area (Å²) in [5, 5.41) is 0. The molecule has 2 aliphatic rings. The fourth-order valence-corrected chi connectivity index (χ4v) is 4.25. The van der Waals surface area contributed by atoms with Gasteiger partial charge >= 0.3 is 0 Å². The molecule has 2 aromatic heterocycles. The molecular formula is C20H21FN4O. The maximum absolute atomic E-state index is 12.9. The van der Waals surface area contributed by atoms with E-state index in [4.69, 9.17) is 4.74 Å². The first kappa shape index (κ1) is 15.8. The van der Waals surface area contributed by atoms with E-state index in [0.29, 0.717) is 17.8 Å². The Labute approximate surface area is 151 Å². The minimum absolute atomic E-state index is 0.228. The highest BCUT2D eigenvalue weighted by Crippen LogP contribution is 2.52. The first-order chi connectivity index (χ1) is 12.7. The van der Waals surface area contributed by atoms with Crippen molar-refractivity contribution in [3.05, 3.63) is 54.2 Å². The normalized spacial score (nSPS) is 24.8. The van der Waals surface area contributed by atoms with Gasteiger partial charge in [0.25, 0.3) is 0 Å². The quantitative estimate of drug-likeness (QED) is 0.708. The van der Waals surface area contributed by atoms with E-state index in [-0.39, 0.29) is 5.82 Å². The zero-order valence-corrected chi connectivity index (χ0v) is 14.7. The second-order valence-corrected chi connectivity index (χ2v) is 7.38. The van der Waals surface area contributed by atoms with Crippen molar-refractivity contribution >= 4 is 11.2 Å². The molecule has 5 nitrogen and oxygen atoms in total. The van der Waals surface area contributed by atoms with Gasteiger partial charge in [-0.25, -0.2) is 14.4 Å². The van der Waals surface area contributed by atoms with Crippen LogP contribution in [0.2, 0.25) is 0 Å². The van der Waals surface area contributed by atoms with Gasteiger partial charge in [-0.3, -0.25) is 4.90 Å². The van der Waals surface area contributed by atoms with E-state index in [1.165, 1.54) is 12.1 Å². The molecule has 3 heterocycles. The highest BCUT2D eigenvalue weighted by Gasteiger charge is 2.55. The lowest BCUT2D eigenvalue weighted by molar-refractivity contribution is 0.226. The molecule has 1 saturated heterocycles. The molecule has 3 aromatic rings. The second kappa shape index (κ2) is 6.06. The maximum atomic E-state index is 12.9. The highest BCUT2D eigenvalue weighted by atomic mass is 19.1. The van der Waals surface area contributed by atoms with Gasteiger partial charge in [-0.15, -0.1) is 0 Å². The summed E-state index contributed by atoms with van der Waals surface area (Å²) in [6, 6.07) is 10.3. The fraction of sp³-hybridized carbons (Fsp3) is 0.400. The van der Waals surface area contributed by atoms with Crippen molar-refractivity contribution in [2.75, 3.05) is 19.7 Å². The third-order valence-corrected chi connectivity index (χ3v) is 5.82. The van der Waals surface area contributed by atoms with Crippen molar-refractivity contribution in [2.24, 2.45) is 24.8 Å². The molecular weight excluding hydrogens is 331 g/mol. The Morgan fingerprint density at radius 2 is 1.92 bits per heavy atom. The van der Waals surface area contributed by atoms with Gasteiger partial charge in [0.15, 0.2) is 5.65 Å². The van der Waals surface area contributed by atoms with Gasteiger partial charge in [-0.05, 0) is 48.2 Å². The van der Waals surface area contributed by atoms with Crippen LogP contribution >= 0.6 is 0 Å². The van der Waals surface area contributed by atoms with Gasteiger partial charge in [0.05, 0.1) is 18.7 Å². The molecule has 1 aliphatic carbocycles. The predicted molar refractivity (Wildman–Crippen MR) is 96.2 cm³/mol. The van der Waals surface area contributed by atoms with Crippen LogP contribution in [0.25, 0.3) is 11.2 Å². The van der Waals surface area contributed by atoms with Gasteiger partial charge in [-0.1, -0.05) is 0 Å². The number of likely N-dealkylation sites (tertiary alicyclic amines) is 1. The van der Waals surface area contributed by atoms with E-state index in [9.17, 15) is 4.39 Å². The number of nitrogens with zero attached hydrogens (tertiary/aromatic N) is 4.